The summed E-state index contributed by atoms with van der Waals surface area (Å²) < 4.78 is 13.1. The highest BCUT2D eigenvalue weighted by atomic mass is 35.5. The molecule has 3 rings (SSSR count). The molecule has 0 saturated carbocycles. The average Bonchev–Trinajstić information content (AvgIpc) is 2.66. The maximum atomic E-state index is 13.1. The molecule has 0 aliphatic rings. The number of carbonyl (C=O) groups excluding carboxylic acids is 1. The first-order valence-electron chi connectivity index (χ1n) is 8.21. The molecule has 3 aromatic rings. The van der Waals surface area contributed by atoms with Crippen LogP contribution in [-0.2, 0) is 4.79 Å². The van der Waals surface area contributed by atoms with Crippen LogP contribution in [0.25, 0.3) is 0 Å². The van der Waals surface area contributed by atoms with Gasteiger partial charge in [-0.25, -0.2) is 4.39 Å². The molecule has 0 radical (unpaired) electrons. The highest BCUT2D eigenvalue weighted by molar-refractivity contribution is 6.33. The minimum atomic E-state index is -0.445. The summed E-state index contributed by atoms with van der Waals surface area (Å²) in [5.74, 6) is -0.699. The van der Waals surface area contributed by atoms with E-state index >= 15 is 0 Å². The molecule has 26 heavy (non-hydrogen) atoms. The molecular weight excluding hydrogens is 351 g/mol. The van der Waals surface area contributed by atoms with E-state index in [4.69, 9.17) is 11.6 Å². The standard InChI is InChI=1S/C21H18ClFN2O/c22-18-13-17(23)11-12-19(18)25-20(26)14-24-21(15-7-3-1-4-8-15)16-9-5-2-6-10-16/h1-13,21,24H,14H2,(H,25,26). The van der Waals surface area contributed by atoms with Gasteiger partial charge in [0.05, 0.1) is 23.3 Å². The number of hydrogen-bond donors (Lipinski definition) is 2. The van der Waals surface area contributed by atoms with Crippen LogP contribution in [0.15, 0.2) is 78.9 Å². The number of carbonyl (C=O) groups is 1. The summed E-state index contributed by atoms with van der Waals surface area (Å²) in [7, 11) is 0. The fraction of sp³-hybridized carbons (Fsp3) is 0.0952. The van der Waals surface area contributed by atoms with Gasteiger partial charge in [0.15, 0.2) is 0 Å². The van der Waals surface area contributed by atoms with Crippen LogP contribution in [-0.4, -0.2) is 12.5 Å². The Morgan fingerprint density at radius 1 is 0.923 bits per heavy atom. The van der Waals surface area contributed by atoms with Crippen molar-refractivity contribution in [3.05, 3.63) is 101 Å². The number of benzene rings is 3. The lowest BCUT2D eigenvalue weighted by molar-refractivity contribution is -0.115. The minimum Gasteiger partial charge on any atom is -0.324 e. The van der Waals surface area contributed by atoms with Gasteiger partial charge in [0.2, 0.25) is 5.91 Å². The van der Waals surface area contributed by atoms with Crippen molar-refractivity contribution in [2.24, 2.45) is 0 Å². The van der Waals surface area contributed by atoms with Crippen LogP contribution in [0.1, 0.15) is 17.2 Å². The van der Waals surface area contributed by atoms with E-state index in [2.05, 4.69) is 10.6 Å². The molecule has 0 unspecified atom stereocenters. The van der Waals surface area contributed by atoms with E-state index in [1.807, 2.05) is 60.7 Å². The SMILES string of the molecule is O=C(CNC(c1ccccc1)c1ccccc1)Nc1ccc(F)cc1Cl. The Balaban J connectivity index is 1.71. The first kappa shape index (κ1) is 18.1. The molecule has 0 aliphatic heterocycles. The van der Waals surface area contributed by atoms with Crippen molar-refractivity contribution in [3.8, 4) is 0 Å². The van der Waals surface area contributed by atoms with Crippen molar-refractivity contribution in [1.82, 2.24) is 5.32 Å². The lowest BCUT2D eigenvalue weighted by atomic mass is 9.99. The topological polar surface area (TPSA) is 41.1 Å². The molecule has 0 atom stereocenters. The van der Waals surface area contributed by atoms with E-state index in [-0.39, 0.29) is 23.5 Å². The molecule has 2 N–H and O–H groups in total. The third kappa shape index (κ3) is 4.69. The van der Waals surface area contributed by atoms with Crippen LogP contribution in [0.5, 0.6) is 0 Å². The van der Waals surface area contributed by atoms with Gasteiger partial charge in [-0.1, -0.05) is 72.3 Å². The van der Waals surface area contributed by atoms with Gasteiger partial charge in [0.25, 0.3) is 0 Å². The first-order valence-corrected chi connectivity index (χ1v) is 8.59. The summed E-state index contributed by atoms with van der Waals surface area (Å²) in [5, 5.41) is 6.14. The number of rotatable bonds is 6. The molecule has 5 heteroatoms. The zero-order valence-corrected chi connectivity index (χ0v) is 14.7. The van der Waals surface area contributed by atoms with Gasteiger partial charge in [-0.2, -0.15) is 0 Å². The van der Waals surface area contributed by atoms with Crippen molar-refractivity contribution in [2.75, 3.05) is 11.9 Å². The summed E-state index contributed by atoms with van der Waals surface area (Å²) >= 11 is 5.95. The van der Waals surface area contributed by atoms with E-state index in [1.54, 1.807) is 0 Å². The quantitative estimate of drug-likeness (QED) is 0.656. The summed E-state index contributed by atoms with van der Waals surface area (Å²) in [6.07, 6.45) is 0. The third-order valence-electron chi connectivity index (χ3n) is 3.94. The highest BCUT2D eigenvalue weighted by Crippen LogP contribution is 2.23. The maximum absolute atomic E-state index is 13.1. The van der Waals surface area contributed by atoms with Gasteiger partial charge in [-0.15, -0.1) is 0 Å². The highest BCUT2D eigenvalue weighted by Gasteiger charge is 2.15. The number of halogens is 2. The van der Waals surface area contributed by atoms with Crippen LogP contribution in [0.2, 0.25) is 5.02 Å². The average molecular weight is 369 g/mol. The van der Waals surface area contributed by atoms with Crippen molar-refractivity contribution in [3.63, 3.8) is 0 Å². The molecule has 0 spiro atoms. The van der Waals surface area contributed by atoms with Gasteiger partial charge in [-0.05, 0) is 29.3 Å². The lowest BCUT2D eigenvalue weighted by Gasteiger charge is -2.20. The molecule has 0 saturated heterocycles. The van der Waals surface area contributed by atoms with Crippen LogP contribution < -0.4 is 10.6 Å². The smallest absolute Gasteiger partial charge is 0.238 e. The fourth-order valence-electron chi connectivity index (χ4n) is 2.70. The number of nitrogens with one attached hydrogen (secondary N) is 2. The molecule has 0 heterocycles. The van der Waals surface area contributed by atoms with E-state index in [1.165, 1.54) is 18.2 Å². The van der Waals surface area contributed by atoms with E-state index < -0.39 is 5.82 Å². The second-order valence-electron chi connectivity index (χ2n) is 5.81. The number of amides is 1. The maximum Gasteiger partial charge on any atom is 0.238 e. The lowest BCUT2D eigenvalue weighted by Crippen LogP contribution is -2.32. The van der Waals surface area contributed by atoms with Crippen molar-refractivity contribution in [2.45, 2.75) is 6.04 Å². The molecule has 132 valence electrons. The van der Waals surface area contributed by atoms with E-state index in [0.29, 0.717) is 5.69 Å². The molecule has 0 fully saturated rings. The second-order valence-corrected chi connectivity index (χ2v) is 6.21. The molecule has 0 bridgehead atoms. The predicted octanol–water partition coefficient (Wildman–Crippen LogP) is 4.80. The monoisotopic (exact) mass is 368 g/mol. The fourth-order valence-corrected chi connectivity index (χ4v) is 2.91. The van der Waals surface area contributed by atoms with Crippen LogP contribution in [0, 0.1) is 5.82 Å². The Morgan fingerprint density at radius 2 is 1.50 bits per heavy atom. The third-order valence-corrected chi connectivity index (χ3v) is 4.25. The Labute approximate surface area is 156 Å². The molecule has 0 aliphatic carbocycles. The zero-order chi connectivity index (χ0) is 18.4. The van der Waals surface area contributed by atoms with Crippen molar-refractivity contribution in [1.29, 1.82) is 0 Å². The van der Waals surface area contributed by atoms with E-state index in [0.717, 1.165) is 11.1 Å². The Bertz CT molecular complexity index is 832. The summed E-state index contributed by atoms with van der Waals surface area (Å²) in [6, 6.07) is 23.6. The van der Waals surface area contributed by atoms with Gasteiger partial charge < -0.3 is 5.32 Å². The van der Waals surface area contributed by atoms with Crippen LogP contribution >= 0.6 is 11.6 Å². The second kappa shape index (κ2) is 8.61. The van der Waals surface area contributed by atoms with E-state index in [9.17, 15) is 9.18 Å². The summed E-state index contributed by atoms with van der Waals surface area (Å²) in [6.45, 7) is 0.0855. The minimum absolute atomic E-state index is 0.0855. The van der Waals surface area contributed by atoms with Crippen LogP contribution in [0.3, 0.4) is 0 Å². The summed E-state index contributed by atoms with van der Waals surface area (Å²) in [5.41, 5.74) is 2.51. The molecule has 3 aromatic carbocycles. The Morgan fingerprint density at radius 3 is 2.04 bits per heavy atom. The Hall–Kier alpha value is -2.69. The van der Waals surface area contributed by atoms with Crippen molar-refractivity contribution >= 4 is 23.2 Å². The van der Waals surface area contributed by atoms with Gasteiger partial charge in [-0.3, -0.25) is 10.1 Å². The summed E-state index contributed by atoms with van der Waals surface area (Å²) in [4.78, 5) is 12.3. The predicted molar refractivity (Wildman–Crippen MR) is 103 cm³/mol. The molecule has 0 aromatic heterocycles. The van der Waals surface area contributed by atoms with Crippen molar-refractivity contribution < 1.29 is 9.18 Å². The number of anilines is 1. The van der Waals surface area contributed by atoms with Gasteiger partial charge >= 0.3 is 0 Å². The first-order chi connectivity index (χ1) is 12.6. The van der Waals surface area contributed by atoms with Crippen LogP contribution in [0.4, 0.5) is 10.1 Å². The zero-order valence-electron chi connectivity index (χ0n) is 14.0. The molecular formula is C21H18ClFN2O. The molecule has 1 amide bonds. The normalized spacial score (nSPS) is 10.7. The van der Waals surface area contributed by atoms with Gasteiger partial charge in [0.1, 0.15) is 5.82 Å². The largest absolute Gasteiger partial charge is 0.324 e. The number of hydrogen-bond acceptors (Lipinski definition) is 2. The van der Waals surface area contributed by atoms with Gasteiger partial charge in [0, 0.05) is 0 Å². The molecule has 3 nitrogen and oxygen atoms in total. The Kier molecular flexibility index (Phi) is 6.00.